The normalized spacial score (nSPS) is 16.0. The van der Waals surface area contributed by atoms with E-state index in [1.807, 2.05) is 4.90 Å². The van der Waals surface area contributed by atoms with Crippen LogP contribution < -0.4 is 4.90 Å². The first-order chi connectivity index (χ1) is 9.09. The fraction of sp³-hybridized carbons (Fsp3) is 0.455. The van der Waals surface area contributed by atoms with Gasteiger partial charge in [0.2, 0.25) is 0 Å². The van der Waals surface area contributed by atoms with E-state index in [-0.39, 0.29) is 5.69 Å². The van der Waals surface area contributed by atoms with E-state index < -0.39 is 11.0 Å². The third-order valence-electron chi connectivity index (χ3n) is 3.08. The van der Waals surface area contributed by atoms with Gasteiger partial charge in [0.25, 0.3) is 0 Å². The highest BCUT2D eigenvalue weighted by Gasteiger charge is 2.23. The van der Waals surface area contributed by atoms with E-state index in [1.54, 1.807) is 6.07 Å². The molecule has 1 amide bonds. The van der Waals surface area contributed by atoms with Gasteiger partial charge in [0, 0.05) is 32.4 Å². The summed E-state index contributed by atoms with van der Waals surface area (Å²) in [5.74, 6) is 0. The highest BCUT2D eigenvalue weighted by molar-refractivity contribution is 5.66. The Morgan fingerprint density at radius 2 is 2.16 bits per heavy atom. The molecule has 8 nitrogen and oxygen atoms in total. The second kappa shape index (κ2) is 5.51. The number of nitro groups is 1. The number of carboxylic acid groups (broad SMARTS) is 1. The molecule has 0 aliphatic carbocycles. The van der Waals surface area contributed by atoms with Crippen molar-refractivity contribution in [2.24, 2.45) is 0 Å². The van der Waals surface area contributed by atoms with E-state index in [9.17, 15) is 14.9 Å². The summed E-state index contributed by atoms with van der Waals surface area (Å²) in [5, 5.41) is 19.9. The lowest BCUT2D eigenvalue weighted by Crippen LogP contribution is -2.34. The zero-order valence-corrected chi connectivity index (χ0v) is 10.2. The molecule has 19 heavy (non-hydrogen) atoms. The molecule has 1 aliphatic rings. The van der Waals surface area contributed by atoms with Crippen LogP contribution in [0.25, 0.3) is 0 Å². The maximum atomic E-state index is 11.0. The zero-order chi connectivity index (χ0) is 13.8. The van der Waals surface area contributed by atoms with Crippen molar-refractivity contribution in [1.29, 1.82) is 0 Å². The van der Waals surface area contributed by atoms with Crippen molar-refractivity contribution in [2.45, 2.75) is 6.42 Å². The molecular formula is C11H14N4O4. The van der Waals surface area contributed by atoms with Crippen molar-refractivity contribution in [2.75, 3.05) is 31.1 Å². The first-order valence-corrected chi connectivity index (χ1v) is 5.91. The number of rotatable bonds is 2. The summed E-state index contributed by atoms with van der Waals surface area (Å²) in [7, 11) is 0. The highest BCUT2D eigenvalue weighted by Crippen LogP contribution is 2.27. The SMILES string of the molecule is O=C(O)N1CCCN(c2ccncc2[N+](=O)[O-])CC1. The summed E-state index contributed by atoms with van der Waals surface area (Å²) in [4.78, 5) is 28.3. The van der Waals surface area contributed by atoms with E-state index >= 15 is 0 Å². The Morgan fingerprint density at radius 1 is 1.37 bits per heavy atom. The molecular weight excluding hydrogens is 252 g/mol. The first kappa shape index (κ1) is 13.1. The van der Waals surface area contributed by atoms with Gasteiger partial charge in [-0.3, -0.25) is 15.1 Å². The quantitative estimate of drug-likeness (QED) is 0.637. The predicted molar refractivity (Wildman–Crippen MR) is 67.3 cm³/mol. The van der Waals surface area contributed by atoms with E-state index in [4.69, 9.17) is 5.11 Å². The van der Waals surface area contributed by atoms with E-state index in [1.165, 1.54) is 17.3 Å². The van der Waals surface area contributed by atoms with Gasteiger partial charge in [-0.2, -0.15) is 0 Å². The molecule has 2 rings (SSSR count). The van der Waals surface area contributed by atoms with Gasteiger partial charge in [-0.05, 0) is 12.5 Å². The summed E-state index contributed by atoms with van der Waals surface area (Å²) in [6.45, 7) is 1.82. The molecule has 102 valence electrons. The topological polar surface area (TPSA) is 99.8 Å². The lowest BCUT2D eigenvalue weighted by atomic mass is 10.3. The smallest absolute Gasteiger partial charge is 0.407 e. The number of anilines is 1. The molecule has 0 unspecified atom stereocenters. The maximum Gasteiger partial charge on any atom is 0.407 e. The van der Waals surface area contributed by atoms with Crippen LogP contribution in [0.2, 0.25) is 0 Å². The summed E-state index contributed by atoms with van der Waals surface area (Å²) in [6.07, 6.45) is 2.41. The minimum absolute atomic E-state index is 0.0497. The number of hydrogen-bond acceptors (Lipinski definition) is 5. The molecule has 0 aromatic carbocycles. The van der Waals surface area contributed by atoms with E-state index in [0.717, 1.165) is 0 Å². The Labute approximate surface area is 109 Å². The Kier molecular flexibility index (Phi) is 3.79. The molecule has 0 bridgehead atoms. The molecule has 1 aromatic heterocycles. The van der Waals surface area contributed by atoms with Crippen LogP contribution in [-0.2, 0) is 0 Å². The van der Waals surface area contributed by atoms with Crippen molar-refractivity contribution in [3.8, 4) is 0 Å². The monoisotopic (exact) mass is 266 g/mol. The number of nitrogens with zero attached hydrogens (tertiary/aromatic N) is 4. The fourth-order valence-corrected chi connectivity index (χ4v) is 2.14. The van der Waals surface area contributed by atoms with Gasteiger partial charge in [-0.25, -0.2) is 4.79 Å². The molecule has 1 N–H and O–H groups in total. The van der Waals surface area contributed by atoms with Gasteiger partial charge in [-0.1, -0.05) is 0 Å². The van der Waals surface area contributed by atoms with E-state index in [2.05, 4.69) is 4.98 Å². The standard InChI is InChI=1S/C11H14N4O4/c16-11(17)14-5-1-4-13(6-7-14)9-2-3-12-8-10(9)15(18)19/h2-3,8H,1,4-7H2,(H,16,17). The number of amides is 1. The molecule has 0 radical (unpaired) electrons. The third kappa shape index (κ3) is 2.90. The zero-order valence-electron chi connectivity index (χ0n) is 10.2. The number of hydrogen-bond donors (Lipinski definition) is 1. The molecule has 0 saturated carbocycles. The Bertz CT molecular complexity index is 493. The molecule has 0 spiro atoms. The summed E-state index contributed by atoms with van der Waals surface area (Å²) >= 11 is 0. The molecule has 1 aliphatic heterocycles. The molecule has 2 heterocycles. The minimum atomic E-state index is -0.953. The average Bonchev–Trinajstić information content (AvgIpc) is 2.64. The van der Waals surface area contributed by atoms with Crippen LogP contribution in [0.15, 0.2) is 18.5 Å². The van der Waals surface area contributed by atoms with Gasteiger partial charge in [-0.15, -0.1) is 0 Å². The molecule has 1 aromatic rings. The van der Waals surface area contributed by atoms with Crippen LogP contribution in [0.1, 0.15) is 6.42 Å². The number of aromatic nitrogens is 1. The van der Waals surface area contributed by atoms with E-state index in [0.29, 0.717) is 38.3 Å². The fourth-order valence-electron chi connectivity index (χ4n) is 2.14. The molecule has 1 fully saturated rings. The molecule has 8 heteroatoms. The van der Waals surface area contributed by atoms with Gasteiger partial charge in [0.1, 0.15) is 11.9 Å². The van der Waals surface area contributed by atoms with Crippen LogP contribution >= 0.6 is 0 Å². The predicted octanol–water partition coefficient (Wildman–Crippen LogP) is 1.18. The van der Waals surface area contributed by atoms with Gasteiger partial charge in [0.05, 0.1) is 4.92 Å². The first-order valence-electron chi connectivity index (χ1n) is 5.91. The van der Waals surface area contributed by atoms with Crippen molar-refractivity contribution in [3.05, 3.63) is 28.6 Å². The van der Waals surface area contributed by atoms with Crippen molar-refractivity contribution < 1.29 is 14.8 Å². The van der Waals surface area contributed by atoms with Gasteiger partial charge >= 0.3 is 11.8 Å². The largest absolute Gasteiger partial charge is 0.465 e. The van der Waals surface area contributed by atoms with Crippen LogP contribution in [0.5, 0.6) is 0 Å². The van der Waals surface area contributed by atoms with Crippen LogP contribution in [0.3, 0.4) is 0 Å². The number of carbonyl (C=O) groups is 1. The van der Waals surface area contributed by atoms with Gasteiger partial charge in [0.15, 0.2) is 0 Å². The number of pyridine rings is 1. The van der Waals surface area contributed by atoms with Crippen molar-refractivity contribution in [1.82, 2.24) is 9.88 Å². The Balaban J connectivity index is 2.19. The summed E-state index contributed by atoms with van der Waals surface area (Å²) < 4.78 is 0. The third-order valence-corrected chi connectivity index (χ3v) is 3.08. The van der Waals surface area contributed by atoms with Crippen LogP contribution in [0, 0.1) is 10.1 Å². The van der Waals surface area contributed by atoms with Crippen LogP contribution in [0.4, 0.5) is 16.2 Å². The second-order valence-corrected chi connectivity index (χ2v) is 4.23. The lowest BCUT2D eigenvalue weighted by molar-refractivity contribution is -0.384. The van der Waals surface area contributed by atoms with Crippen molar-refractivity contribution >= 4 is 17.5 Å². The minimum Gasteiger partial charge on any atom is -0.465 e. The Hall–Kier alpha value is -2.38. The maximum absolute atomic E-state index is 11.0. The second-order valence-electron chi connectivity index (χ2n) is 4.23. The van der Waals surface area contributed by atoms with Crippen molar-refractivity contribution in [3.63, 3.8) is 0 Å². The summed E-state index contributed by atoms with van der Waals surface area (Å²) in [5.41, 5.74) is 0.443. The van der Waals surface area contributed by atoms with Gasteiger partial charge < -0.3 is 14.9 Å². The van der Waals surface area contributed by atoms with Crippen LogP contribution in [-0.4, -0.2) is 52.2 Å². The molecule has 0 atom stereocenters. The Morgan fingerprint density at radius 3 is 2.84 bits per heavy atom. The lowest BCUT2D eigenvalue weighted by Gasteiger charge is -2.22. The summed E-state index contributed by atoms with van der Waals surface area (Å²) in [6, 6.07) is 1.59. The molecule has 1 saturated heterocycles. The highest BCUT2D eigenvalue weighted by atomic mass is 16.6. The average molecular weight is 266 g/mol.